The Morgan fingerprint density at radius 3 is 2.59 bits per heavy atom. The van der Waals surface area contributed by atoms with Gasteiger partial charge in [-0.15, -0.1) is 11.3 Å². The molecule has 2 aromatic heterocycles. The van der Waals surface area contributed by atoms with Crippen LogP contribution in [0.5, 0.6) is 0 Å². The highest BCUT2D eigenvalue weighted by molar-refractivity contribution is 7.94. The number of nitriles is 1. The van der Waals surface area contributed by atoms with Crippen LogP contribution < -0.4 is 10.0 Å². The van der Waals surface area contributed by atoms with E-state index in [1.54, 1.807) is 25.1 Å². The van der Waals surface area contributed by atoms with Gasteiger partial charge >= 0.3 is 0 Å². The van der Waals surface area contributed by atoms with Gasteiger partial charge in [-0.2, -0.15) is 5.26 Å². The van der Waals surface area contributed by atoms with E-state index in [1.807, 2.05) is 6.07 Å². The van der Waals surface area contributed by atoms with Crippen LogP contribution in [0.2, 0.25) is 0 Å². The van der Waals surface area contributed by atoms with Crippen molar-refractivity contribution in [3.8, 4) is 6.07 Å². The Labute approximate surface area is 171 Å². The molecule has 0 bridgehead atoms. The number of carbonyl (C=O) groups is 1. The van der Waals surface area contributed by atoms with Gasteiger partial charge in [-0.1, -0.05) is 5.16 Å². The molecule has 148 valence electrons. The monoisotopic (exact) mass is 428 g/mol. The Hall–Kier alpha value is -3.42. The lowest BCUT2D eigenvalue weighted by atomic mass is 10.2. The average molecular weight is 428 g/mol. The molecule has 0 unspecified atom stereocenters. The van der Waals surface area contributed by atoms with Crippen molar-refractivity contribution in [2.24, 2.45) is 0 Å². The lowest BCUT2D eigenvalue weighted by Gasteiger charge is -2.05. The molecule has 0 atom stereocenters. The van der Waals surface area contributed by atoms with Crippen LogP contribution in [-0.2, 0) is 14.8 Å². The first-order valence-electron chi connectivity index (χ1n) is 8.33. The minimum atomic E-state index is -3.76. The first-order valence-corrected chi connectivity index (χ1v) is 10.6. The number of hydrogen-bond acceptors (Lipinski definition) is 7. The van der Waals surface area contributed by atoms with E-state index < -0.39 is 10.0 Å². The SMILES string of the molecule is CC(=O)Nc1c(C)noc1C=Cc1ccc(S(=O)(=O)Nc2ccc(C#N)cc2)s1. The van der Waals surface area contributed by atoms with Gasteiger partial charge < -0.3 is 9.84 Å². The molecule has 10 heteroatoms. The standard InChI is InChI=1S/C19H16N4O4S2/c1-12-19(21-13(2)24)17(27-22-12)9-7-16-8-10-18(28-16)29(25,26)23-15-5-3-14(11-20)4-6-15/h3-10,23H,1-2H3,(H,21,24). The van der Waals surface area contributed by atoms with Gasteiger partial charge in [0.05, 0.1) is 11.6 Å². The molecule has 2 heterocycles. The lowest BCUT2D eigenvalue weighted by Crippen LogP contribution is -2.11. The highest BCUT2D eigenvalue weighted by Gasteiger charge is 2.17. The molecule has 0 saturated carbocycles. The van der Waals surface area contributed by atoms with Gasteiger partial charge in [0.15, 0.2) is 5.76 Å². The third kappa shape index (κ3) is 4.90. The van der Waals surface area contributed by atoms with E-state index in [4.69, 9.17) is 9.78 Å². The molecular weight excluding hydrogens is 412 g/mol. The number of anilines is 2. The zero-order valence-corrected chi connectivity index (χ0v) is 17.1. The first-order chi connectivity index (χ1) is 13.8. The molecule has 8 nitrogen and oxygen atoms in total. The summed E-state index contributed by atoms with van der Waals surface area (Å²) < 4.78 is 32.9. The van der Waals surface area contributed by atoms with Gasteiger partial charge in [0.2, 0.25) is 5.91 Å². The Kier molecular flexibility index (Phi) is 5.81. The summed E-state index contributed by atoms with van der Waals surface area (Å²) in [6, 6.07) is 11.3. The molecule has 0 aliphatic carbocycles. The van der Waals surface area contributed by atoms with Crippen molar-refractivity contribution >= 4 is 50.8 Å². The zero-order chi connectivity index (χ0) is 21.0. The number of carbonyl (C=O) groups excluding carboxylic acids is 1. The number of sulfonamides is 1. The average Bonchev–Trinajstić information content (AvgIpc) is 3.28. The van der Waals surface area contributed by atoms with Crippen molar-refractivity contribution in [3.63, 3.8) is 0 Å². The number of thiophene rings is 1. The van der Waals surface area contributed by atoms with E-state index in [9.17, 15) is 13.2 Å². The lowest BCUT2D eigenvalue weighted by molar-refractivity contribution is -0.114. The molecule has 0 radical (unpaired) electrons. The number of amides is 1. The minimum absolute atomic E-state index is 0.136. The van der Waals surface area contributed by atoms with Gasteiger partial charge in [0, 0.05) is 17.5 Å². The third-order valence-corrected chi connectivity index (χ3v) is 6.65. The largest absolute Gasteiger partial charge is 0.354 e. The molecule has 3 rings (SSSR count). The van der Waals surface area contributed by atoms with Gasteiger partial charge in [-0.3, -0.25) is 9.52 Å². The van der Waals surface area contributed by atoms with Crippen LogP contribution in [0.25, 0.3) is 12.2 Å². The van der Waals surface area contributed by atoms with Gasteiger partial charge in [0.25, 0.3) is 10.0 Å². The van der Waals surface area contributed by atoms with E-state index in [0.717, 1.165) is 11.3 Å². The van der Waals surface area contributed by atoms with Crippen LogP contribution in [0.3, 0.4) is 0 Å². The van der Waals surface area contributed by atoms with Crippen LogP contribution in [-0.4, -0.2) is 19.5 Å². The highest BCUT2D eigenvalue weighted by atomic mass is 32.2. The van der Waals surface area contributed by atoms with Crippen molar-refractivity contribution in [3.05, 3.63) is 58.3 Å². The number of hydrogen-bond donors (Lipinski definition) is 2. The maximum absolute atomic E-state index is 12.6. The first kappa shape index (κ1) is 20.3. The summed E-state index contributed by atoms with van der Waals surface area (Å²) in [4.78, 5) is 12.0. The maximum atomic E-state index is 12.6. The van der Waals surface area contributed by atoms with E-state index in [-0.39, 0.29) is 10.1 Å². The predicted molar refractivity (Wildman–Crippen MR) is 111 cm³/mol. The molecule has 29 heavy (non-hydrogen) atoms. The van der Waals surface area contributed by atoms with Crippen LogP contribution in [0.15, 0.2) is 45.1 Å². The fourth-order valence-electron chi connectivity index (χ4n) is 2.37. The van der Waals surface area contributed by atoms with Crippen molar-refractivity contribution in [1.82, 2.24) is 5.16 Å². The van der Waals surface area contributed by atoms with Crippen molar-refractivity contribution in [2.45, 2.75) is 18.1 Å². The molecule has 3 aromatic rings. The van der Waals surface area contributed by atoms with E-state index >= 15 is 0 Å². The molecule has 0 aliphatic rings. The van der Waals surface area contributed by atoms with Crippen molar-refractivity contribution in [1.29, 1.82) is 5.26 Å². The third-order valence-electron chi connectivity index (χ3n) is 3.72. The quantitative estimate of drug-likeness (QED) is 0.614. The number of nitrogens with one attached hydrogen (secondary N) is 2. The number of nitrogens with zero attached hydrogens (tertiary/aromatic N) is 2. The molecule has 0 fully saturated rings. The van der Waals surface area contributed by atoms with E-state index in [0.29, 0.717) is 33.3 Å². The Morgan fingerprint density at radius 1 is 1.21 bits per heavy atom. The molecule has 0 spiro atoms. The second kappa shape index (κ2) is 8.30. The fourth-order valence-corrected chi connectivity index (χ4v) is 4.66. The minimum Gasteiger partial charge on any atom is -0.354 e. The van der Waals surface area contributed by atoms with Gasteiger partial charge in [-0.05, 0) is 55.5 Å². The molecule has 2 N–H and O–H groups in total. The molecule has 1 aromatic carbocycles. The smallest absolute Gasteiger partial charge is 0.271 e. The topological polar surface area (TPSA) is 125 Å². The maximum Gasteiger partial charge on any atom is 0.271 e. The number of rotatable bonds is 6. The van der Waals surface area contributed by atoms with Gasteiger partial charge in [0.1, 0.15) is 15.6 Å². The fraction of sp³-hybridized carbons (Fsp3) is 0.105. The highest BCUT2D eigenvalue weighted by Crippen LogP contribution is 2.27. The van der Waals surface area contributed by atoms with Gasteiger partial charge in [-0.25, -0.2) is 8.42 Å². The van der Waals surface area contributed by atoms with Crippen LogP contribution >= 0.6 is 11.3 Å². The number of benzene rings is 1. The Balaban J connectivity index is 1.77. The van der Waals surface area contributed by atoms with Crippen LogP contribution in [0.1, 0.15) is 28.8 Å². The van der Waals surface area contributed by atoms with E-state index in [1.165, 1.54) is 37.3 Å². The predicted octanol–water partition coefficient (Wildman–Crippen LogP) is 3.85. The van der Waals surface area contributed by atoms with Crippen LogP contribution in [0.4, 0.5) is 11.4 Å². The molecule has 0 saturated heterocycles. The second-order valence-electron chi connectivity index (χ2n) is 5.97. The summed E-state index contributed by atoms with van der Waals surface area (Å²) in [6.45, 7) is 3.09. The summed E-state index contributed by atoms with van der Waals surface area (Å²) in [5.74, 6) is 0.121. The van der Waals surface area contributed by atoms with Crippen molar-refractivity contribution < 1.29 is 17.7 Å². The summed E-state index contributed by atoms with van der Waals surface area (Å²) in [7, 11) is -3.76. The molecular formula is C19H16N4O4S2. The number of aromatic nitrogens is 1. The zero-order valence-electron chi connectivity index (χ0n) is 15.5. The number of aryl methyl sites for hydroxylation is 1. The van der Waals surface area contributed by atoms with E-state index in [2.05, 4.69) is 15.2 Å². The Morgan fingerprint density at radius 2 is 1.93 bits per heavy atom. The Bertz CT molecular complexity index is 1220. The second-order valence-corrected chi connectivity index (χ2v) is 9.00. The van der Waals surface area contributed by atoms with Crippen molar-refractivity contribution in [2.75, 3.05) is 10.0 Å². The summed E-state index contributed by atoms with van der Waals surface area (Å²) in [5.41, 5.74) is 1.82. The molecule has 0 aliphatic heterocycles. The molecule has 1 amide bonds. The van der Waals surface area contributed by atoms with Crippen LogP contribution in [0, 0.1) is 18.3 Å². The summed E-state index contributed by atoms with van der Waals surface area (Å²) in [6.07, 6.45) is 3.29. The summed E-state index contributed by atoms with van der Waals surface area (Å²) >= 11 is 1.07. The normalized spacial score (nSPS) is 11.3. The summed E-state index contributed by atoms with van der Waals surface area (Å²) in [5, 5.41) is 15.3.